The number of carbonyl (C=O) groups is 2. The van der Waals surface area contributed by atoms with Crippen LogP contribution in [0.4, 0.5) is 8.78 Å². The van der Waals surface area contributed by atoms with Crippen molar-refractivity contribution in [2.45, 2.75) is 83.0 Å². The smallest absolute Gasteiger partial charge is 0.309 e. The van der Waals surface area contributed by atoms with Crippen molar-refractivity contribution in [3.05, 3.63) is 178 Å². The first-order valence-electron chi connectivity index (χ1n) is 22.8. The third kappa shape index (κ3) is 10.0. The topological polar surface area (TPSA) is 110 Å². The molecule has 0 aromatic heterocycles. The fourth-order valence-corrected chi connectivity index (χ4v) is 9.16. The van der Waals surface area contributed by atoms with Gasteiger partial charge in [-0.25, -0.2) is 8.78 Å². The highest BCUT2D eigenvalue weighted by Crippen LogP contribution is 2.50. The first-order chi connectivity index (χ1) is 32.2. The van der Waals surface area contributed by atoms with Crippen LogP contribution in [0.3, 0.4) is 0 Å². The van der Waals surface area contributed by atoms with E-state index in [1.54, 1.807) is 6.07 Å². The summed E-state index contributed by atoms with van der Waals surface area (Å²) in [5, 5.41) is 9.89. The summed E-state index contributed by atoms with van der Waals surface area (Å²) in [7, 11) is 0. The van der Waals surface area contributed by atoms with Crippen molar-refractivity contribution in [2.75, 3.05) is 13.2 Å². The normalized spacial score (nSPS) is 20.7. The molecule has 340 valence electrons. The summed E-state index contributed by atoms with van der Waals surface area (Å²) in [5.41, 5.74) is 5.76. The van der Waals surface area contributed by atoms with E-state index in [9.17, 15) is 19.1 Å². The van der Waals surface area contributed by atoms with Crippen molar-refractivity contribution in [1.82, 2.24) is 0 Å². The number of esters is 2. The highest BCUT2D eigenvalue weighted by molar-refractivity contribution is 5.78. The van der Waals surface area contributed by atoms with Crippen LogP contribution in [0.15, 0.2) is 127 Å². The molecule has 4 aliphatic rings. The lowest BCUT2D eigenvalue weighted by Crippen LogP contribution is -2.07. The van der Waals surface area contributed by atoms with Gasteiger partial charge in [-0.1, -0.05) is 54.6 Å². The molecule has 66 heavy (non-hydrogen) atoms. The molecule has 0 bridgehead atoms. The minimum atomic E-state index is -0.397. The lowest BCUT2D eigenvalue weighted by Gasteiger charge is -2.17. The summed E-state index contributed by atoms with van der Waals surface area (Å²) < 4.78 is 63.6. The molecule has 0 saturated heterocycles. The Bertz CT molecular complexity index is 2650. The fourth-order valence-electron chi connectivity index (χ4n) is 9.16. The maximum absolute atomic E-state index is 15.0. The van der Waals surface area contributed by atoms with E-state index in [1.807, 2.05) is 117 Å². The van der Waals surface area contributed by atoms with E-state index in [2.05, 4.69) is 0 Å². The molecular formula is C55H52F2O9. The predicted octanol–water partition coefficient (Wildman–Crippen LogP) is 12.2. The van der Waals surface area contributed by atoms with Crippen LogP contribution in [0.1, 0.15) is 103 Å². The maximum Gasteiger partial charge on any atom is 0.309 e. The summed E-state index contributed by atoms with van der Waals surface area (Å²) in [4.78, 5) is 23.7. The SMILES string of the molecule is CCOC(=O)[C@H]1C[C@@H]1c1ccc(O[C@@H]2CCc3c(O)ccc(F)c32)cc1.CCOC(=O)[C@H]1C[C@@H]1c1ccc(O[C@@H]2CCc3c(Oc4ccc(OCc5ccccc5)cc4)ccc(F)c32)cc1. The van der Waals surface area contributed by atoms with Crippen LogP contribution in [0.5, 0.6) is 34.5 Å². The van der Waals surface area contributed by atoms with Crippen LogP contribution < -0.4 is 18.9 Å². The summed E-state index contributed by atoms with van der Waals surface area (Å²) in [5.74, 6) is 2.91. The predicted molar refractivity (Wildman–Crippen MR) is 243 cm³/mol. The number of phenols is 1. The van der Waals surface area contributed by atoms with Crippen LogP contribution >= 0.6 is 0 Å². The second-order valence-corrected chi connectivity index (χ2v) is 17.1. The lowest BCUT2D eigenvalue weighted by molar-refractivity contribution is -0.145. The third-order valence-electron chi connectivity index (χ3n) is 12.7. The van der Waals surface area contributed by atoms with Gasteiger partial charge >= 0.3 is 11.9 Å². The van der Waals surface area contributed by atoms with E-state index < -0.39 is 12.2 Å². The molecule has 0 radical (unpaired) electrons. The monoisotopic (exact) mass is 894 g/mol. The van der Waals surface area contributed by atoms with Gasteiger partial charge in [0.2, 0.25) is 0 Å². The summed E-state index contributed by atoms with van der Waals surface area (Å²) >= 11 is 0. The zero-order chi connectivity index (χ0) is 45.7. The molecule has 1 N–H and O–H groups in total. The van der Waals surface area contributed by atoms with E-state index in [4.69, 9.17) is 28.4 Å². The molecule has 0 aliphatic heterocycles. The van der Waals surface area contributed by atoms with Crippen molar-refractivity contribution < 1.29 is 51.9 Å². The Balaban J connectivity index is 0.000000182. The minimum absolute atomic E-state index is 0.0412. The maximum atomic E-state index is 15.0. The molecule has 6 aromatic rings. The van der Waals surface area contributed by atoms with Gasteiger partial charge in [-0.15, -0.1) is 0 Å². The molecule has 9 nitrogen and oxygen atoms in total. The van der Waals surface area contributed by atoms with Crippen LogP contribution in [0, 0.1) is 23.5 Å². The Morgan fingerprint density at radius 3 is 1.61 bits per heavy atom. The number of ether oxygens (including phenoxy) is 6. The molecule has 11 heteroatoms. The molecule has 2 fully saturated rings. The minimum Gasteiger partial charge on any atom is -0.508 e. The Morgan fingerprint density at radius 2 is 1.06 bits per heavy atom. The third-order valence-corrected chi connectivity index (χ3v) is 12.7. The largest absolute Gasteiger partial charge is 0.508 e. The molecule has 0 unspecified atom stereocenters. The van der Waals surface area contributed by atoms with Gasteiger partial charge in [0, 0.05) is 22.3 Å². The van der Waals surface area contributed by atoms with Gasteiger partial charge in [-0.3, -0.25) is 9.59 Å². The first kappa shape index (κ1) is 44.3. The van der Waals surface area contributed by atoms with Crippen molar-refractivity contribution in [2.24, 2.45) is 11.8 Å². The fraction of sp³-hybridized carbons (Fsp3) is 0.309. The summed E-state index contributed by atoms with van der Waals surface area (Å²) in [6, 6.07) is 38.6. The van der Waals surface area contributed by atoms with Crippen LogP contribution in [-0.4, -0.2) is 30.3 Å². The second-order valence-electron chi connectivity index (χ2n) is 17.1. The number of phenolic OH excluding ortho intramolecular Hbond substituents is 1. The number of hydrogen-bond acceptors (Lipinski definition) is 9. The van der Waals surface area contributed by atoms with E-state index >= 15 is 4.39 Å². The van der Waals surface area contributed by atoms with E-state index in [1.165, 1.54) is 18.2 Å². The van der Waals surface area contributed by atoms with Crippen molar-refractivity contribution in [3.8, 4) is 34.5 Å². The number of hydrogen-bond donors (Lipinski definition) is 1. The Kier molecular flexibility index (Phi) is 13.2. The van der Waals surface area contributed by atoms with Gasteiger partial charge in [0.05, 0.1) is 25.0 Å². The number of rotatable bonds is 15. The molecule has 4 aliphatic carbocycles. The number of carbonyl (C=O) groups excluding carboxylic acids is 2. The molecule has 0 spiro atoms. The standard InChI is InChI=1S/C34H31FO5.C21H21FO4/c1-2-37-34(36)29-20-28(29)23-8-10-25(11-9-23)40-32-18-16-27-31(19-17-30(35)33(27)32)39-26-14-12-24(13-15-26)38-21-22-6-4-3-5-7-22;1-2-25-21(24)16-11-15(16)12-3-5-13(6-4-12)26-19-10-7-14-18(23)9-8-17(22)20(14)19/h3-15,17,19,28-29,32H,2,16,18,20-21H2,1H3;3-6,8-9,15-16,19,23H,2,7,10-11H2,1H3/t28-,29+,32-;15-,16+,19-/m11/s1. The number of fused-ring (bicyclic) bond motifs is 2. The van der Waals surface area contributed by atoms with Crippen molar-refractivity contribution in [1.29, 1.82) is 0 Å². The highest BCUT2D eigenvalue weighted by Gasteiger charge is 2.46. The zero-order valence-corrected chi connectivity index (χ0v) is 36.9. The molecule has 0 heterocycles. The number of aromatic hydroxyl groups is 1. The molecule has 2 saturated carbocycles. The van der Waals surface area contributed by atoms with Gasteiger partial charge in [-0.2, -0.15) is 0 Å². The van der Waals surface area contributed by atoms with Gasteiger partial charge < -0.3 is 33.5 Å². The van der Waals surface area contributed by atoms with E-state index in [-0.39, 0.29) is 53.0 Å². The number of benzene rings is 6. The first-order valence-corrected chi connectivity index (χ1v) is 22.8. The van der Waals surface area contributed by atoms with Crippen LogP contribution in [0.2, 0.25) is 0 Å². The molecule has 0 amide bonds. The van der Waals surface area contributed by atoms with Gasteiger partial charge in [0.25, 0.3) is 0 Å². The quantitative estimate of drug-likeness (QED) is 0.101. The average molecular weight is 895 g/mol. The molecule has 6 aromatic carbocycles. The molecule has 10 rings (SSSR count). The molecular weight excluding hydrogens is 843 g/mol. The van der Waals surface area contributed by atoms with Crippen molar-refractivity contribution >= 4 is 11.9 Å². The van der Waals surface area contributed by atoms with Gasteiger partial charge in [0.15, 0.2) is 0 Å². The summed E-state index contributed by atoms with van der Waals surface area (Å²) in [6.07, 6.45) is 3.40. The number of halogens is 2. The van der Waals surface area contributed by atoms with E-state index in [0.717, 1.165) is 40.8 Å². The Morgan fingerprint density at radius 1 is 0.576 bits per heavy atom. The average Bonchev–Trinajstić information content (AvgIpc) is 4.24. The van der Waals surface area contributed by atoms with Crippen LogP contribution in [0.25, 0.3) is 0 Å². The van der Waals surface area contributed by atoms with Gasteiger partial charge in [-0.05, 0) is 154 Å². The van der Waals surface area contributed by atoms with Gasteiger partial charge in [0.1, 0.15) is 64.9 Å². The zero-order valence-electron chi connectivity index (χ0n) is 36.9. The Labute approximate surface area is 383 Å². The summed E-state index contributed by atoms with van der Waals surface area (Å²) in [6.45, 7) is 4.93. The van der Waals surface area contributed by atoms with Crippen LogP contribution in [-0.2, 0) is 38.5 Å². The highest BCUT2D eigenvalue weighted by atomic mass is 19.1. The van der Waals surface area contributed by atoms with E-state index in [0.29, 0.717) is 85.2 Å². The lowest BCUT2D eigenvalue weighted by atomic mass is 10.1. The second kappa shape index (κ2) is 19.7. The van der Waals surface area contributed by atoms with Crippen molar-refractivity contribution in [3.63, 3.8) is 0 Å². The Hall–Kier alpha value is -6.88. The molecule has 6 atom stereocenters.